The summed E-state index contributed by atoms with van der Waals surface area (Å²) in [5, 5.41) is 5.80. The van der Waals surface area contributed by atoms with Crippen molar-refractivity contribution >= 4 is 6.03 Å². The molecule has 0 fully saturated rings. The first kappa shape index (κ1) is 19.6. The highest BCUT2D eigenvalue weighted by Crippen LogP contribution is 2.22. The zero-order chi connectivity index (χ0) is 18.9. The van der Waals surface area contributed by atoms with Gasteiger partial charge in [0, 0.05) is 18.7 Å². The van der Waals surface area contributed by atoms with Crippen molar-refractivity contribution in [1.29, 1.82) is 0 Å². The lowest BCUT2D eigenvalue weighted by molar-refractivity contribution is 0.232. The van der Waals surface area contributed by atoms with E-state index in [2.05, 4.69) is 15.5 Å². The summed E-state index contributed by atoms with van der Waals surface area (Å²) < 4.78 is 10.6. The van der Waals surface area contributed by atoms with Gasteiger partial charge in [-0.25, -0.2) is 4.79 Å². The van der Waals surface area contributed by atoms with Crippen LogP contribution >= 0.6 is 0 Å². The molecule has 0 heterocycles. The number of rotatable bonds is 8. The van der Waals surface area contributed by atoms with Gasteiger partial charge in [0.1, 0.15) is 11.5 Å². The summed E-state index contributed by atoms with van der Waals surface area (Å²) in [6, 6.07) is 15.3. The second kappa shape index (κ2) is 9.68. The van der Waals surface area contributed by atoms with Gasteiger partial charge in [-0.1, -0.05) is 30.3 Å². The van der Waals surface area contributed by atoms with Crippen LogP contribution in [0.25, 0.3) is 0 Å². The van der Waals surface area contributed by atoms with E-state index in [1.807, 2.05) is 62.6 Å². The molecule has 1 atom stereocenters. The van der Waals surface area contributed by atoms with Crippen LogP contribution in [-0.2, 0) is 6.54 Å². The third kappa shape index (κ3) is 5.39. The zero-order valence-corrected chi connectivity index (χ0v) is 15.8. The minimum absolute atomic E-state index is 0.0436. The highest BCUT2D eigenvalue weighted by atomic mass is 16.5. The Balaban J connectivity index is 1.93. The molecule has 2 amide bonds. The Labute approximate surface area is 155 Å². The van der Waals surface area contributed by atoms with Crippen molar-refractivity contribution in [3.8, 4) is 11.5 Å². The smallest absolute Gasteiger partial charge is 0.315 e. The van der Waals surface area contributed by atoms with Gasteiger partial charge in [-0.3, -0.25) is 0 Å². The van der Waals surface area contributed by atoms with E-state index in [9.17, 15) is 4.79 Å². The Kier molecular flexibility index (Phi) is 7.29. The van der Waals surface area contributed by atoms with Crippen LogP contribution in [0.1, 0.15) is 17.2 Å². The van der Waals surface area contributed by atoms with Crippen LogP contribution in [0.3, 0.4) is 0 Å². The van der Waals surface area contributed by atoms with Gasteiger partial charge in [-0.15, -0.1) is 0 Å². The monoisotopic (exact) mass is 357 g/mol. The van der Waals surface area contributed by atoms with Gasteiger partial charge < -0.3 is 25.0 Å². The number of likely N-dealkylation sites (N-methyl/N-ethyl adjacent to an activating group) is 1. The molecule has 1 unspecified atom stereocenters. The molecule has 0 radical (unpaired) electrons. The van der Waals surface area contributed by atoms with Gasteiger partial charge >= 0.3 is 6.03 Å². The standard InChI is InChI=1S/C20H27N3O3/c1-23(2)18(15-9-7-10-17(12-15)25-3)14-22-20(24)21-13-16-8-5-6-11-19(16)26-4/h5-12,18H,13-14H2,1-4H3,(H2,21,22,24). The first-order valence-corrected chi connectivity index (χ1v) is 8.49. The number of methoxy groups -OCH3 is 2. The second-order valence-electron chi connectivity index (χ2n) is 6.13. The molecular formula is C20H27N3O3. The lowest BCUT2D eigenvalue weighted by Gasteiger charge is -2.25. The average Bonchev–Trinajstić information content (AvgIpc) is 2.66. The van der Waals surface area contributed by atoms with Crippen LogP contribution < -0.4 is 20.1 Å². The summed E-state index contributed by atoms with van der Waals surface area (Å²) in [6.45, 7) is 0.888. The number of amides is 2. The third-order valence-corrected chi connectivity index (χ3v) is 4.19. The minimum Gasteiger partial charge on any atom is -0.497 e. The summed E-state index contributed by atoms with van der Waals surface area (Å²) in [5.74, 6) is 1.56. The summed E-state index contributed by atoms with van der Waals surface area (Å²) in [4.78, 5) is 14.3. The highest BCUT2D eigenvalue weighted by molar-refractivity contribution is 5.74. The van der Waals surface area contributed by atoms with Crippen LogP contribution in [0, 0.1) is 0 Å². The van der Waals surface area contributed by atoms with Crippen LogP contribution in [0.4, 0.5) is 4.79 Å². The number of nitrogens with zero attached hydrogens (tertiary/aromatic N) is 1. The summed E-state index contributed by atoms with van der Waals surface area (Å²) >= 11 is 0. The molecule has 6 nitrogen and oxygen atoms in total. The molecule has 2 rings (SSSR count). The van der Waals surface area contributed by atoms with E-state index in [1.54, 1.807) is 14.2 Å². The van der Waals surface area contributed by atoms with E-state index in [0.717, 1.165) is 22.6 Å². The van der Waals surface area contributed by atoms with Crippen molar-refractivity contribution in [2.75, 3.05) is 34.9 Å². The molecule has 2 aromatic carbocycles. The van der Waals surface area contributed by atoms with Gasteiger partial charge in [0.15, 0.2) is 0 Å². The van der Waals surface area contributed by atoms with Crippen LogP contribution in [0.2, 0.25) is 0 Å². The predicted octanol–water partition coefficient (Wildman–Crippen LogP) is 2.81. The summed E-state index contributed by atoms with van der Waals surface area (Å²) in [6.07, 6.45) is 0. The molecule has 0 aliphatic rings. The van der Waals surface area contributed by atoms with Crippen LogP contribution in [0.15, 0.2) is 48.5 Å². The van der Waals surface area contributed by atoms with Crippen molar-refractivity contribution in [2.45, 2.75) is 12.6 Å². The zero-order valence-electron chi connectivity index (χ0n) is 15.8. The van der Waals surface area contributed by atoms with Gasteiger partial charge in [0.05, 0.1) is 20.3 Å². The predicted molar refractivity (Wildman–Crippen MR) is 103 cm³/mol. The van der Waals surface area contributed by atoms with Gasteiger partial charge in [0.2, 0.25) is 0 Å². The number of hydrogen-bond donors (Lipinski definition) is 2. The first-order chi connectivity index (χ1) is 12.5. The number of benzene rings is 2. The fourth-order valence-electron chi connectivity index (χ4n) is 2.72. The van der Waals surface area contributed by atoms with Crippen LogP contribution in [-0.4, -0.2) is 45.8 Å². The molecule has 26 heavy (non-hydrogen) atoms. The topological polar surface area (TPSA) is 62.8 Å². The molecule has 140 valence electrons. The largest absolute Gasteiger partial charge is 0.497 e. The maximum Gasteiger partial charge on any atom is 0.315 e. The second-order valence-corrected chi connectivity index (χ2v) is 6.13. The van der Waals surface area contributed by atoms with Crippen molar-refractivity contribution < 1.29 is 14.3 Å². The fourth-order valence-corrected chi connectivity index (χ4v) is 2.72. The number of carbonyl (C=O) groups excluding carboxylic acids is 1. The molecule has 0 saturated heterocycles. The third-order valence-electron chi connectivity index (χ3n) is 4.19. The molecule has 0 aromatic heterocycles. The molecule has 2 N–H and O–H groups in total. The molecule has 0 aliphatic heterocycles. The number of nitrogens with one attached hydrogen (secondary N) is 2. The van der Waals surface area contributed by atoms with Gasteiger partial charge in [-0.05, 0) is 37.9 Å². The van der Waals surface area contributed by atoms with Crippen molar-refractivity contribution in [3.05, 3.63) is 59.7 Å². The Morgan fingerprint density at radius 3 is 2.50 bits per heavy atom. The van der Waals surface area contributed by atoms with E-state index in [4.69, 9.17) is 9.47 Å². The Morgan fingerprint density at radius 2 is 1.81 bits per heavy atom. The quantitative estimate of drug-likeness (QED) is 0.763. The van der Waals surface area contributed by atoms with Crippen molar-refractivity contribution in [2.24, 2.45) is 0 Å². The van der Waals surface area contributed by atoms with E-state index in [-0.39, 0.29) is 12.1 Å². The summed E-state index contributed by atoms with van der Waals surface area (Å²) in [5.41, 5.74) is 2.02. The molecule has 0 aliphatic carbocycles. The fraction of sp³-hybridized carbons (Fsp3) is 0.350. The Hall–Kier alpha value is -2.73. The maximum absolute atomic E-state index is 12.2. The molecule has 0 bridgehead atoms. The SMILES string of the molecule is COc1cccc(C(CNC(=O)NCc2ccccc2OC)N(C)C)c1. The molecule has 6 heteroatoms. The molecule has 0 saturated carbocycles. The number of ether oxygens (including phenoxy) is 2. The normalized spacial score (nSPS) is 11.7. The number of carbonyl (C=O) groups is 1. The first-order valence-electron chi connectivity index (χ1n) is 8.49. The Bertz CT molecular complexity index is 719. The lowest BCUT2D eigenvalue weighted by atomic mass is 10.1. The molecular weight excluding hydrogens is 330 g/mol. The van der Waals surface area contributed by atoms with E-state index in [0.29, 0.717) is 13.1 Å². The number of para-hydroxylation sites is 1. The van der Waals surface area contributed by atoms with Crippen molar-refractivity contribution in [1.82, 2.24) is 15.5 Å². The van der Waals surface area contributed by atoms with E-state index >= 15 is 0 Å². The van der Waals surface area contributed by atoms with E-state index in [1.165, 1.54) is 0 Å². The van der Waals surface area contributed by atoms with Gasteiger partial charge in [0.25, 0.3) is 0 Å². The van der Waals surface area contributed by atoms with Crippen molar-refractivity contribution in [3.63, 3.8) is 0 Å². The molecule has 2 aromatic rings. The Morgan fingerprint density at radius 1 is 1.04 bits per heavy atom. The van der Waals surface area contributed by atoms with E-state index < -0.39 is 0 Å². The number of urea groups is 1. The highest BCUT2D eigenvalue weighted by Gasteiger charge is 2.16. The lowest BCUT2D eigenvalue weighted by Crippen LogP contribution is -2.40. The number of hydrogen-bond acceptors (Lipinski definition) is 4. The molecule has 0 spiro atoms. The average molecular weight is 357 g/mol. The van der Waals surface area contributed by atoms with Gasteiger partial charge in [-0.2, -0.15) is 0 Å². The van der Waals surface area contributed by atoms with Crippen LogP contribution in [0.5, 0.6) is 11.5 Å². The summed E-state index contributed by atoms with van der Waals surface area (Å²) in [7, 11) is 7.24. The minimum atomic E-state index is -0.217. The maximum atomic E-state index is 12.2.